The maximum absolute atomic E-state index is 13.5. The van der Waals surface area contributed by atoms with Gasteiger partial charge in [-0.2, -0.15) is 0 Å². The van der Waals surface area contributed by atoms with Gasteiger partial charge in [0.2, 0.25) is 5.91 Å². The van der Waals surface area contributed by atoms with E-state index in [4.69, 9.17) is 5.73 Å². The predicted octanol–water partition coefficient (Wildman–Crippen LogP) is 5.59. The van der Waals surface area contributed by atoms with Gasteiger partial charge in [0.05, 0.1) is 0 Å². The summed E-state index contributed by atoms with van der Waals surface area (Å²) in [5.41, 5.74) is 10.5. The number of hydrogen-bond acceptors (Lipinski definition) is 4. The maximum Gasteiger partial charge on any atom is 0.253 e. The van der Waals surface area contributed by atoms with Crippen molar-refractivity contribution in [3.8, 4) is 0 Å². The summed E-state index contributed by atoms with van der Waals surface area (Å²) in [6.45, 7) is 9.28. The summed E-state index contributed by atoms with van der Waals surface area (Å²) in [7, 11) is 0. The molecule has 218 valence electrons. The Morgan fingerprint density at radius 3 is 2.12 bits per heavy atom. The van der Waals surface area contributed by atoms with Crippen molar-refractivity contribution in [2.45, 2.75) is 65.5 Å². The Bertz CT molecular complexity index is 1270. The van der Waals surface area contributed by atoms with Crippen LogP contribution in [0.5, 0.6) is 0 Å². The molecule has 3 amide bonds. The zero-order valence-corrected chi connectivity index (χ0v) is 24.7. The summed E-state index contributed by atoms with van der Waals surface area (Å²) in [5, 5.41) is 6.06. The van der Waals surface area contributed by atoms with Gasteiger partial charge in [0.25, 0.3) is 11.8 Å². The number of amides is 3. The van der Waals surface area contributed by atoms with E-state index in [2.05, 4.69) is 10.6 Å². The second-order valence-electron chi connectivity index (χ2n) is 10.8. The van der Waals surface area contributed by atoms with Gasteiger partial charge in [-0.1, -0.05) is 74.9 Å². The van der Waals surface area contributed by atoms with Gasteiger partial charge in [-0.25, -0.2) is 0 Å². The molecule has 3 aromatic rings. The number of aryl methyl sites for hydroxylation is 1. The molecule has 7 heteroatoms. The molecular weight excluding hydrogens is 512 g/mol. The van der Waals surface area contributed by atoms with Gasteiger partial charge in [0, 0.05) is 47.9 Å². The van der Waals surface area contributed by atoms with Crippen LogP contribution in [0.25, 0.3) is 0 Å². The number of benzene rings is 3. The van der Waals surface area contributed by atoms with Crippen LogP contribution >= 0.6 is 0 Å². The second kappa shape index (κ2) is 15.7. The smallest absolute Gasteiger partial charge is 0.253 e. The van der Waals surface area contributed by atoms with Crippen molar-refractivity contribution >= 4 is 23.4 Å². The molecule has 4 N–H and O–H groups in total. The number of rotatable bonds is 14. The first-order valence-corrected chi connectivity index (χ1v) is 14.6. The summed E-state index contributed by atoms with van der Waals surface area (Å²) in [4.78, 5) is 41.3. The topological polar surface area (TPSA) is 105 Å². The number of nitrogens with zero attached hydrogens (tertiary/aromatic N) is 1. The SMILES string of the molecule is CCCN(CCC)C(=O)c1cccc(C(=O)N[C@@H](Cc2ccccc2)[C@@H](N)C[C@@H](C)C(=O)Nc2ccc(C)cc2)c1. The van der Waals surface area contributed by atoms with Crippen LogP contribution in [-0.4, -0.2) is 47.8 Å². The van der Waals surface area contributed by atoms with Crippen LogP contribution in [0.1, 0.15) is 71.9 Å². The zero-order chi connectivity index (χ0) is 29.8. The van der Waals surface area contributed by atoms with E-state index in [0.29, 0.717) is 37.1 Å². The lowest BCUT2D eigenvalue weighted by molar-refractivity contribution is -0.119. The molecule has 3 rings (SSSR count). The average Bonchev–Trinajstić information content (AvgIpc) is 2.98. The molecule has 0 saturated carbocycles. The van der Waals surface area contributed by atoms with Crippen molar-refractivity contribution in [3.05, 3.63) is 101 Å². The normalized spacial score (nSPS) is 13.1. The molecule has 0 aliphatic rings. The molecule has 0 bridgehead atoms. The molecule has 0 unspecified atom stereocenters. The Morgan fingerprint density at radius 2 is 1.49 bits per heavy atom. The highest BCUT2D eigenvalue weighted by molar-refractivity contribution is 5.99. The molecule has 0 saturated heterocycles. The van der Waals surface area contributed by atoms with E-state index in [1.165, 1.54) is 0 Å². The van der Waals surface area contributed by atoms with E-state index in [9.17, 15) is 14.4 Å². The molecule has 0 aromatic heterocycles. The molecule has 0 aliphatic carbocycles. The molecule has 0 aliphatic heterocycles. The quantitative estimate of drug-likeness (QED) is 0.241. The Balaban J connectivity index is 1.74. The van der Waals surface area contributed by atoms with Crippen LogP contribution in [0, 0.1) is 12.8 Å². The highest BCUT2D eigenvalue weighted by Gasteiger charge is 2.26. The third kappa shape index (κ3) is 9.57. The number of carbonyl (C=O) groups is 3. The van der Waals surface area contributed by atoms with Crippen molar-refractivity contribution in [3.63, 3.8) is 0 Å². The van der Waals surface area contributed by atoms with Gasteiger partial charge in [-0.15, -0.1) is 0 Å². The summed E-state index contributed by atoms with van der Waals surface area (Å²) in [6.07, 6.45) is 2.63. The number of anilines is 1. The van der Waals surface area contributed by atoms with Gasteiger partial charge in [-0.05, 0) is 68.5 Å². The van der Waals surface area contributed by atoms with E-state index >= 15 is 0 Å². The Kier molecular flexibility index (Phi) is 12.1. The van der Waals surface area contributed by atoms with E-state index in [1.807, 2.05) is 87.2 Å². The van der Waals surface area contributed by atoms with Crippen LogP contribution in [0.15, 0.2) is 78.9 Å². The highest BCUT2D eigenvalue weighted by Crippen LogP contribution is 2.17. The lowest BCUT2D eigenvalue weighted by Crippen LogP contribution is -2.50. The van der Waals surface area contributed by atoms with E-state index in [1.54, 1.807) is 24.3 Å². The van der Waals surface area contributed by atoms with Gasteiger partial charge in [0.15, 0.2) is 0 Å². The van der Waals surface area contributed by atoms with Crippen molar-refractivity contribution in [1.82, 2.24) is 10.2 Å². The molecule has 3 atom stereocenters. The number of hydrogen-bond donors (Lipinski definition) is 3. The van der Waals surface area contributed by atoms with Gasteiger partial charge < -0.3 is 21.3 Å². The Hall–Kier alpha value is -3.97. The van der Waals surface area contributed by atoms with Crippen LogP contribution in [0.4, 0.5) is 5.69 Å². The molecule has 0 fully saturated rings. The summed E-state index contributed by atoms with van der Waals surface area (Å²) in [6, 6.07) is 23.4. The van der Waals surface area contributed by atoms with Crippen LogP contribution in [0.2, 0.25) is 0 Å². The fraction of sp³-hybridized carbons (Fsp3) is 0.382. The minimum Gasteiger partial charge on any atom is -0.347 e. The first kappa shape index (κ1) is 31.6. The number of nitrogens with one attached hydrogen (secondary N) is 2. The van der Waals surface area contributed by atoms with Crippen LogP contribution in [-0.2, 0) is 11.2 Å². The van der Waals surface area contributed by atoms with Gasteiger partial charge in [0.1, 0.15) is 0 Å². The first-order valence-electron chi connectivity index (χ1n) is 14.6. The fourth-order valence-corrected chi connectivity index (χ4v) is 4.84. The molecule has 0 spiro atoms. The molecule has 0 radical (unpaired) electrons. The third-order valence-corrected chi connectivity index (χ3v) is 7.17. The van der Waals surface area contributed by atoms with Crippen LogP contribution in [0.3, 0.4) is 0 Å². The molecule has 41 heavy (non-hydrogen) atoms. The molecule has 0 heterocycles. The predicted molar refractivity (Wildman–Crippen MR) is 166 cm³/mol. The monoisotopic (exact) mass is 556 g/mol. The largest absolute Gasteiger partial charge is 0.347 e. The van der Waals surface area contributed by atoms with E-state index < -0.39 is 12.1 Å². The molecule has 3 aromatic carbocycles. The summed E-state index contributed by atoms with van der Waals surface area (Å²) < 4.78 is 0. The molecular formula is C34H44N4O3. The standard InChI is InChI=1S/C34H44N4O3/c1-5-19-38(20-6-2)34(41)28-14-10-13-27(23-28)33(40)37-31(22-26-11-8-7-9-12-26)30(35)21-25(4)32(39)36-29-17-15-24(3)16-18-29/h7-18,23,25,30-31H,5-6,19-22,35H2,1-4H3,(H,36,39)(H,37,40)/t25-,30+,31+/m1/s1. The third-order valence-electron chi connectivity index (χ3n) is 7.17. The van der Waals surface area contributed by atoms with E-state index in [0.717, 1.165) is 29.7 Å². The lowest BCUT2D eigenvalue weighted by Gasteiger charge is -2.27. The Labute approximate surface area is 244 Å². The van der Waals surface area contributed by atoms with E-state index in [-0.39, 0.29) is 23.6 Å². The maximum atomic E-state index is 13.5. The van der Waals surface area contributed by atoms with Crippen molar-refractivity contribution < 1.29 is 14.4 Å². The van der Waals surface area contributed by atoms with Crippen LogP contribution < -0.4 is 16.4 Å². The van der Waals surface area contributed by atoms with Gasteiger partial charge >= 0.3 is 0 Å². The number of carbonyl (C=O) groups excluding carboxylic acids is 3. The van der Waals surface area contributed by atoms with Crippen molar-refractivity contribution in [2.24, 2.45) is 11.7 Å². The minimum absolute atomic E-state index is 0.0747. The summed E-state index contributed by atoms with van der Waals surface area (Å²) >= 11 is 0. The van der Waals surface area contributed by atoms with Gasteiger partial charge in [-0.3, -0.25) is 14.4 Å². The van der Waals surface area contributed by atoms with Crippen molar-refractivity contribution in [2.75, 3.05) is 18.4 Å². The van der Waals surface area contributed by atoms with Crippen molar-refractivity contribution in [1.29, 1.82) is 0 Å². The highest BCUT2D eigenvalue weighted by atomic mass is 16.2. The number of nitrogens with two attached hydrogens (primary N) is 1. The Morgan fingerprint density at radius 1 is 0.854 bits per heavy atom. The molecule has 7 nitrogen and oxygen atoms in total. The fourth-order valence-electron chi connectivity index (χ4n) is 4.84. The first-order chi connectivity index (χ1) is 19.7. The average molecular weight is 557 g/mol. The summed E-state index contributed by atoms with van der Waals surface area (Å²) in [5.74, 6) is -0.866. The minimum atomic E-state index is -0.479. The zero-order valence-electron chi connectivity index (χ0n) is 24.7. The second-order valence-corrected chi connectivity index (χ2v) is 10.8. The lowest BCUT2D eigenvalue weighted by atomic mass is 9.91.